The summed E-state index contributed by atoms with van der Waals surface area (Å²) in [5.41, 5.74) is 3.72. The lowest BCUT2D eigenvalue weighted by Crippen LogP contribution is -2.10. The Morgan fingerprint density at radius 1 is 1.05 bits per heavy atom. The van der Waals surface area contributed by atoms with Crippen molar-refractivity contribution in [1.29, 1.82) is 0 Å². The number of hydrogen-bond acceptors (Lipinski definition) is 4. The van der Waals surface area contributed by atoms with Crippen LogP contribution < -0.4 is 5.56 Å². The van der Waals surface area contributed by atoms with Gasteiger partial charge in [0.25, 0.3) is 5.56 Å². The Labute approximate surface area is 112 Å². The van der Waals surface area contributed by atoms with Gasteiger partial charge in [-0.2, -0.15) is 5.10 Å². The third kappa shape index (κ3) is 1.51. The van der Waals surface area contributed by atoms with Crippen molar-refractivity contribution in [1.82, 2.24) is 24.6 Å². The Balaban J connectivity index is 2.04. The van der Waals surface area contributed by atoms with Crippen LogP contribution in [0.3, 0.4) is 0 Å². The van der Waals surface area contributed by atoms with E-state index in [1.165, 1.54) is 6.33 Å². The summed E-state index contributed by atoms with van der Waals surface area (Å²) in [6, 6.07) is 7.61. The first kappa shape index (κ1) is 10.9. The van der Waals surface area contributed by atoms with E-state index in [4.69, 9.17) is 0 Å². The largest absolute Gasteiger partial charge is 0.310 e. The van der Waals surface area contributed by atoms with Gasteiger partial charge in [0.15, 0.2) is 0 Å². The number of nitrogens with one attached hydrogen (secondary N) is 1. The second-order valence-electron chi connectivity index (χ2n) is 4.40. The zero-order chi connectivity index (χ0) is 13.5. The van der Waals surface area contributed by atoms with E-state index in [0.29, 0.717) is 5.52 Å². The van der Waals surface area contributed by atoms with E-state index in [2.05, 4.69) is 20.1 Å². The monoisotopic (exact) mass is 263 g/mol. The van der Waals surface area contributed by atoms with E-state index < -0.39 is 0 Å². The van der Waals surface area contributed by atoms with Gasteiger partial charge in [-0.15, -0.1) is 0 Å². The fourth-order valence-electron chi connectivity index (χ4n) is 2.33. The lowest BCUT2D eigenvalue weighted by atomic mass is 10.1. The zero-order valence-corrected chi connectivity index (χ0v) is 10.3. The zero-order valence-electron chi connectivity index (χ0n) is 10.3. The molecule has 4 aromatic rings. The minimum atomic E-state index is -0.167. The minimum absolute atomic E-state index is 0.167. The smallest absolute Gasteiger partial charge is 0.275 e. The van der Waals surface area contributed by atoms with Crippen molar-refractivity contribution >= 4 is 16.6 Å². The molecule has 0 aliphatic carbocycles. The molecule has 0 atom stereocenters. The predicted molar refractivity (Wildman–Crippen MR) is 74.3 cm³/mol. The molecule has 96 valence electrons. The van der Waals surface area contributed by atoms with E-state index in [-0.39, 0.29) is 5.56 Å². The molecule has 0 unspecified atom stereocenters. The van der Waals surface area contributed by atoms with Gasteiger partial charge in [0.1, 0.15) is 11.8 Å². The van der Waals surface area contributed by atoms with Crippen molar-refractivity contribution < 1.29 is 0 Å². The summed E-state index contributed by atoms with van der Waals surface area (Å²) in [7, 11) is 0. The standard InChI is InChI=1S/C14H9N5O/c20-14-13-10(3-6-19(13)18-8-17-14)9-1-2-11-12(7-9)16-5-4-15-11/h1-8H,(H,17,18,20). The Hall–Kier alpha value is -3.02. The molecule has 0 aliphatic rings. The number of rotatable bonds is 1. The molecule has 0 aliphatic heterocycles. The van der Waals surface area contributed by atoms with Crippen LogP contribution in [-0.2, 0) is 0 Å². The molecule has 6 nitrogen and oxygen atoms in total. The molecule has 1 N–H and O–H groups in total. The van der Waals surface area contributed by atoms with Gasteiger partial charge in [0, 0.05) is 24.2 Å². The number of aromatic amines is 1. The summed E-state index contributed by atoms with van der Waals surface area (Å²) in [6.07, 6.45) is 6.45. The topological polar surface area (TPSA) is 75.9 Å². The second kappa shape index (κ2) is 3.99. The van der Waals surface area contributed by atoms with Gasteiger partial charge in [-0.3, -0.25) is 14.8 Å². The summed E-state index contributed by atoms with van der Waals surface area (Å²) in [4.78, 5) is 23.1. The SMILES string of the molecule is O=c1[nH]cnn2ccc(-c3ccc4nccnc4c3)c12. The van der Waals surface area contributed by atoms with Crippen molar-refractivity contribution in [3.63, 3.8) is 0 Å². The molecule has 6 heteroatoms. The van der Waals surface area contributed by atoms with E-state index in [1.54, 1.807) is 23.1 Å². The average Bonchev–Trinajstić information content (AvgIpc) is 2.92. The van der Waals surface area contributed by atoms with E-state index in [1.807, 2.05) is 24.3 Å². The molecule has 1 aromatic carbocycles. The first-order chi connectivity index (χ1) is 9.83. The normalized spacial score (nSPS) is 11.2. The lowest BCUT2D eigenvalue weighted by Gasteiger charge is -2.01. The Morgan fingerprint density at radius 3 is 2.80 bits per heavy atom. The minimum Gasteiger partial charge on any atom is -0.310 e. The first-order valence-electron chi connectivity index (χ1n) is 6.09. The Kier molecular flexibility index (Phi) is 2.17. The van der Waals surface area contributed by atoms with Crippen LogP contribution >= 0.6 is 0 Å². The highest BCUT2D eigenvalue weighted by Gasteiger charge is 2.10. The molecule has 0 radical (unpaired) electrons. The average molecular weight is 263 g/mol. The fraction of sp³-hybridized carbons (Fsp3) is 0. The summed E-state index contributed by atoms with van der Waals surface area (Å²) in [5, 5.41) is 4.08. The van der Waals surface area contributed by atoms with Crippen molar-refractivity contribution in [2.24, 2.45) is 0 Å². The first-order valence-corrected chi connectivity index (χ1v) is 6.09. The Morgan fingerprint density at radius 2 is 1.90 bits per heavy atom. The van der Waals surface area contributed by atoms with Gasteiger partial charge >= 0.3 is 0 Å². The van der Waals surface area contributed by atoms with Crippen molar-refractivity contribution in [2.75, 3.05) is 0 Å². The molecule has 0 amide bonds. The number of aromatic nitrogens is 5. The third-order valence-corrected chi connectivity index (χ3v) is 3.24. The van der Waals surface area contributed by atoms with Crippen molar-refractivity contribution in [3.05, 3.63) is 59.5 Å². The maximum absolute atomic E-state index is 12.0. The fourth-order valence-corrected chi connectivity index (χ4v) is 2.33. The highest BCUT2D eigenvalue weighted by Crippen LogP contribution is 2.25. The van der Waals surface area contributed by atoms with Gasteiger partial charge in [0.05, 0.1) is 11.0 Å². The van der Waals surface area contributed by atoms with Gasteiger partial charge in [-0.05, 0) is 23.8 Å². The number of hydrogen-bond donors (Lipinski definition) is 1. The number of benzene rings is 1. The number of H-pyrrole nitrogens is 1. The van der Waals surface area contributed by atoms with Gasteiger partial charge in [0.2, 0.25) is 0 Å². The quantitative estimate of drug-likeness (QED) is 0.566. The van der Waals surface area contributed by atoms with Crippen LogP contribution in [0.5, 0.6) is 0 Å². The maximum Gasteiger partial charge on any atom is 0.275 e. The molecule has 0 bridgehead atoms. The summed E-state index contributed by atoms with van der Waals surface area (Å²) >= 11 is 0. The molecule has 0 saturated heterocycles. The lowest BCUT2D eigenvalue weighted by molar-refractivity contribution is 0.889. The second-order valence-corrected chi connectivity index (χ2v) is 4.40. The summed E-state index contributed by atoms with van der Waals surface area (Å²) < 4.78 is 1.56. The van der Waals surface area contributed by atoms with Crippen LogP contribution in [-0.4, -0.2) is 24.6 Å². The van der Waals surface area contributed by atoms with E-state index in [9.17, 15) is 4.79 Å². The van der Waals surface area contributed by atoms with Crippen LogP contribution in [0.2, 0.25) is 0 Å². The van der Waals surface area contributed by atoms with Crippen LogP contribution in [0.15, 0.2) is 54.0 Å². The van der Waals surface area contributed by atoms with Gasteiger partial charge in [-0.25, -0.2) is 4.52 Å². The number of fused-ring (bicyclic) bond motifs is 2. The molecular weight excluding hydrogens is 254 g/mol. The van der Waals surface area contributed by atoms with Crippen LogP contribution in [0.4, 0.5) is 0 Å². The van der Waals surface area contributed by atoms with Crippen LogP contribution in [0.25, 0.3) is 27.7 Å². The molecule has 3 heterocycles. The van der Waals surface area contributed by atoms with E-state index >= 15 is 0 Å². The van der Waals surface area contributed by atoms with Gasteiger partial charge < -0.3 is 4.98 Å². The third-order valence-electron chi connectivity index (χ3n) is 3.24. The summed E-state index contributed by atoms with van der Waals surface area (Å²) in [6.45, 7) is 0. The highest BCUT2D eigenvalue weighted by molar-refractivity contribution is 5.86. The van der Waals surface area contributed by atoms with Crippen LogP contribution in [0, 0.1) is 0 Å². The van der Waals surface area contributed by atoms with Gasteiger partial charge in [-0.1, -0.05) is 6.07 Å². The van der Waals surface area contributed by atoms with Crippen molar-refractivity contribution in [2.45, 2.75) is 0 Å². The summed E-state index contributed by atoms with van der Waals surface area (Å²) in [5.74, 6) is 0. The van der Waals surface area contributed by atoms with E-state index in [0.717, 1.165) is 22.2 Å². The molecular formula is C14H9N5O. The van der Waals surface area contributed by atoms with Crippen molar-refractivity contribution in [3.8, 4) is 11.1 Å². The Bertz CT molecular complexity index is 985. The molecule has 3 aromatic heterocycles. The highest BCUT2D eigenvalue weighted by atomic mass is 16.1. The molecule has 4 rings (SSSR count). The molecule has 0 spiro atoms. The maximum atomic E-state index is 12.0. The molecule has 20 heavy (non-hydrogen) atoms. The van der Waals surface area contributed by atoms with Crippen LogP contribution in [0.1, 0.15) is 0 Å². The molecule has 0 saturated carbocycles. The molecule has 0 fully saturated rings. The number of nitrogens with zero attached hydrogens (tertiary/aromatic N) is 4. The predicted octanol–water partition coefficient (Wildman–Crippen LogP) is 1.63.